The lowest BCUT2D eigenvalue weighted by Gasteiger charge is -2.26. The Labute approximate surface area is 161 Å². The van der Waals surface area contributed by atoms with Gasteiger partial charge in [-0.1, -0.05) is 12.8 Å². The molecule has 2 fully saturated rings. The summed E-state index contributed by atoms with van der Waals surface area (Å²) in [6, 6.07) is 3.98. The zero-order valence-corrected chi connectivity index (χ0v) is 15.7. The van der Waals surface area contributed by atoms with Crippen molar-refractivity contribution in [3.8, 4) is 0 Å². The van der Waals surface area contributed by atoms with Crippen LogP contribution in [0.15, 0.2) is 23.1 Å². The highest BCUT2D eigenvalue weighted by molar-refractivity contribution is 7.99. The minimum atomic E-state index is -0.745. The van der Waals surface area contributed by atoms with E-state index in [-0.39, 0.29) is 36.6 Å². The van der Waals surface area contributed by atoms with Gasteiger partial charge in [-0.3, -0.25) is 14.5 Å². The maximum Gasteiger partial charge on any atom is 0.325 e. The van der Waals surface area contributed by atoms with E-state index in [4.69, 9.17) is 0 Å². The molecule has 27 heavy (non-hydrogen) atoms. The summed E-state index contributed by atoms with van der Waals surface area (Å²) in [6.07, 6.45) is 3.96. The summed E-state index contributed by atoms with van der Waals surface area (Å²) in [5, 5.41) is 5.74. The highest BCUT2D eigenvalue weighted by Gasteiger charge is 2.52. The van der Waals surface area contributed by atoms with Crippen LogP contribution in [0.4, 0.5) is 9.18 Å². The first-order chi connectivity index (χ1) is 13.0. The Kier molecular flexibility index (Phi) is 4.84. The first kappa shape index (κ1) is 18.3. The molecule has 0 radical (unpaired) electrons. The fourth-order valence-electron chi connectivity index (χ4n) is 4.19. The normalized spacial score (nSPS) is 23.4. The Morgan fingerprint density at radius 3 is 2.89 bits per heavy atom. The molecule has 1 aromatic rings. The standard InChI is InChI=1S/C19H22FN3O3S/c20-12-3-4-15-13(11-12)14(6-10-27-15)21-16(24)5-9-23-17(25)19(22-18(23)26)7-1-2-8-19/h3-4,11,14H,1-2,5-10H2,(H,21,24)(H,22,26). The van der Waals surface area contributed by atoms with Gasteiger partial charge in [0, 0.05) is 23.6 Å². The number of halogens is 1. The lowest BCUT2D eigenvalue weighted by molar-refractivity contribution is -0.131. The highest BCUT2D eigenvalue weighted by Crippen LogP contribution is 2.37. The SMILES string of the molecule is O=C(CCN1C(=O)NC2(CCCC2)C1=O)NC1CCSc2ccc(F)cc21. The first-order valence-corrected chi connectivity index (χ1v) is 10.3. The largest absolute Gasteiger partial charge is 0.349 e. The van der Waals surface area contributed by atoms with E-state index in [1.165, 1.54) is 12.1 Å². The summed E-state index contributed by atoms with van der Waals surface area (Å²) in [4.78, 5) is 39.3. The van der Waals surface area contributed by atoms with Crippen molar-refractivity contribution in [1.29, 1.82) is 0 Å². The number of hydrogen-bond acceptors (Lipinski definition) is 4. The van der Waals surface area contributed by atoms with Crippen LogP contribution in [0.25, 0.3) is 0 Å². The van der Waals surface area contributed by atoms with Gasteiger partial charge in [-0.2, -0.15) is 0 Å². The van der Waals surface area contributed by atoms with E-state index in [1.807, 2.05) is 0 Å². The molecule has 144 valence electrons. The van der Waals surface area contributed by atoms with E-state index in [0.717, 1.165) is 40.4 Å². The number of carbonyl (C=O) groups excluding carboxylic acids is 3. The molecule has 0 aromatic heterocycles. The number of nitrogens with one attached hydrogen (secondary N) is 2. The van der Waals surface area contributed by atoms with Crippen molar-refractivity contribution >= 4 is 29.6 Å². The Hall–Kier alpha value is -2.09. The van der Waals surface area contributed by atoms with Gasteiger partial charge in [0.2, 0.25) is 5.91 Å². The van der Waals surface area contributed by atoms with Crippen LogP contribution >= 0.6 is 11.8 Å². The van der Waals surface area contributed by atoms with Gasteiger partial charge in [-0.15, -0.1) is 11.8 Å². The average molecular weight is 391 g/mol. The summed E-state index contributed by atoms with van der Waals surface area (Å²) in [5.41, 5.74) is 0.0458. The van der Waals surface area contributed by atoms with Crippen molar-refractivity contribution in [3.05, 3.63) is 29.6 Å². The van der Waals surface area contributed by atoms with Crippen LogP contribution in [-0.4, -0.2) is 40.6 Å². The second-order valence-electron chi connectivity index (χ2n) is 7.37. The van der Waals surface area contributed by atoms with Crippen molar-refractivity contribution in [1.82, 2.24) is 15.5 Å². The number of imide groups is 1. The Morgan fingerprint density at radius 1 is 1.33 bits per heavy atom. The van der Waals surface area contributed by atoms with Crippen LogP contribution in [0.3, 0.4) is 0 Å². The van der Waals surface area contributed by atoms with Crippen molar-refractivity contribution in [2.75, 3.05) is 12.3 Å². The van der Waals surface area contributed by atoms with Crippen molar-refractivity contribution in [2.24, 2.45) is 0 Å². The Balaban J connectivity index is 1.36. The predicted octanol–water partition coefficient (Wildman–Crippen LogP) is 2.73. The second-order valence-corrected chi connectivity index (χ2v) is 8.50. The first-order valence-electron chi connectivity index (χ1n) is 9.34. The molecule has 1 saturated carbocycles. The molecule has 1 atom stereocenters. The molecular formula is C19H22FN3O3S. The van der Waals surface area contributed by atoms with Gasteiger partial charge < -0.3 is 10.6 Å². The topological polar surface area (TPSA) is 78.5 Å². The molecule has 6 nitrogen and oxygen atoms in total. The number of amides is 4. The third-order valence-electron chi connectivity index (χ3n) is 5.61. The minimum Gasteiger partial charge on any atom is -0.349 e. The van der Waals surface area contributed by atoms with Gasteiger partial charge in [0.05, 0.1) is 6.04 Å². The van der Waals surface area contributed by atoms with Crippen LogP contribution in [0, 0.1) is 5.82 Å². The number of thioether (sulfide) groups is 1. The maximum absolute atomic E-state index is 13.6. The zero-order chi connectivity index (χ0) is 19.0. The van der Waals surface area contributed by atoms with Gasteiger partial charge in [0.25, 0.3) is 5.91 Å². The van der Waals surface area contributed by atoms with Crippen molar-refractivity contribution < 1.29 is 18.8 Å². The number of benzene rings is 1. The van der Waals surface area contributed by atoms with Crippen LogP contribution in [0.1, 0.15) is 50.1 Å². The van der Waals surface area contributed by atoms with Crippen LogP contribution in [0.5, 0.6) is 0 Å². The number of hydrogen-bond donors (Lipinski definition) is 2. The molecule has 1 aromatic carbocycles. The Morgan fingerprint density at radius 2 is 2.11 bits per heavy atom. The van der Waals surface area contributed by atoms with Crippen molar-refractivity contribution in [3.63, 3.8) is 0 Å². The van der Waals surface area contributed by atoms with Crippen molar-refractivity contribution in [2.45, 2.75) is 55.0 Å². The molecule has 2 N–H and O–H groups in total. The van der Waals surface area contributed by atoms with E-state index in [1.54, 1.807) is 17.8 Å². The Bertz CT molecular complexity index is 794. The molecule has 4 rings (SSSR count). The summed E-state index contributed by atoms with van der Waals surface area (Å²) in [6.45, 7) is 0.0652. The van der Waals surface area contributed by atoms with E-state index < -0.39 is 11.6 Å². The molecule has 2 heterocycles. The van der Waals surface area contributed by atoms with Gasteiger partial charge >= 0.3 is 6.03 Å². The fraction of sp³-hybridized carbons (Fsp3) is 0.526. The number of rotatable bonds is 4. The molecule has 2 aliphatic heterocycles. The predicted molar refractivity (Wildman–Crippen MR) is 98.7 cm³/mol. The summed E-state index contributed by atoms with van der Waals surface area (Å²) >= 11 is 1.65. The smallest absolute Gasteiger partial charge is 0.325 e. The third kappa shape index (κ3) is 3.42. The maximum atomic E-state index is 13.6. The van der Waals surface area contributed by atoms with Gasteiger partial charge in [-0.05, 0) is 43.0 Å². The molecule has 1 spiro atoms. The molecule has 1 unspecified atom stereocenters. The minimum absolute atomic E-state index is 0.0452. The lowest BCUT2D eigenvalue weighted by atomic mass is 9.98. The molecule has 3 aliphatic rings. The lowest BCUT2D eigenvalue weighted by Crippen LogP contribution is -2.44. The molecule has 4 amide bonds. The summed E-state index contributed by atoms with van der Waals surface area (Å²) in [7, 11) is 0. The second kappa shape index (κ2) is 7.14. The van der Waals surface area contributed by atoms with E-state index in [2.05, 4.69) is 10.6 Å². The molecule has 0 bridgehead atoms. The number of urea groups is 1. The molecule has 1 saturated heterocycles. The van der Waals surface area contributed by atoms with Gasteiger partial charge in [0.15, 0.2) is 0 Å². The van der Waals surface area contributed by atoms with E-state index in [9.17, 15) is 18.8 Å². The zero-order valence-electron chi connectivity index (χ0n) is 14.9. The van der Waals surface area contributed by atoms with Crippen LogP contribution in [-0.2, 0) is 9.59 Å². The van der Waals surface area contributed by atoms with Gasteiger partial charge in [-0.25, -0.2) is 9.18 Å². The molecular weight excluding hydrogens is 369 g/mol. The highest BCUT2D eigenvalue weighted by atomic mass is 32.2. The average Bonchev–Trinajstić information content (AvgIpc) is 3.20. The fourth-order valence-corrected chi connectivity index (χ4v) is 5.30. The third-order valence-corrected chi connectivity index (χ3v) is 6.73. The number of fused-ring (bicyclic) bond motifs is 1. The molecule has 8 heteroatoms. The quantitative estimate of drug-likeness (QED) is 0.774. The van der Waals surface area contributed by atoms with E-state index in [0.29, 0.717) is 12.8 Å². The van der Waals surface area contributed by atoms with Crippen LogP contribution in [0.2, 0.25) is 0 Å². The van der Waals surface area contributed by atoms with Crippen LogP contribution < -0.4 is 10.6 Å². The monoisotopic (exact) mass is 391 g/mol. The van der Waals surface area contributed by atoms with Gasteiger partial charge in [0.1, 0.15) is 11.4 Å². The summed E-state index contributed by atoms with van der Waals surface area (Å²) in [5.74, 6) is 0.0742. The number of carbonyl (C=O) groups is 3. The molecule has 1 aliphatic carbocycles. The number of nitrogens with zero attached hydrogens (tertiary/aromatic N) is 1. The summed E-state index contributed by atoms with van der Waals surface area (Å²) < 4.78 is 13.6. The van der Waals surface area contributed by atoms with E-state index >= 15 is 0 Å².